The fraction of sp³-hybridized carbons (Fsp3) is 0. The largest absolute Gasteiger partial charge is 0.310 e. The van der Waals surface area contributed by atoms with Gasteiger partial charge in [0.05, 0.1) is 0 Å². The number of thiophene rings is 3. The lowest BCUT2D eigenvalue weighted by Gasteiger charge is -2.26. The normalized spacial score (nSPS) is 11.6. The molecule has 72 heavy (non-hydrogen) atoms. The predicted molar refractivity (Wildman–Crippen MR) is 315 cm³/mol. The van der Waals surface area contributed by atoms with Crippen molar-refractivity contribution >= 4 is 146 Å². The average Bonchev–Trinajstić information content (AvgIpc) is 4.13. The minimum atomic E-state index is 1.10. The molecule has 14 rings (SSSR count). The van der Waals surface area contributed by atoms with Crippen LogP contribution in [0.3, 0.4) is 0 Å². The lowest BCUT2D eigenvalue weighted by molar-refractivity contribution is 1.29. The molecule has 0 unspecified atom stereocenters. The third-order valence-electron chi connectivity index (χ3n) is 13.8. The van der Waals surface area contributed by atoms with Gasteiger partial charge in [-0.1, -0.05) is 127 Å². The molecule has 14 aromatic rings. The first-order valence-electron chi connectivity index (χ1n) is 24.2. The van der Waals surface area contributed by atoms with Gasteiger partial charge >= 0.3 is 0 Å². The van der Waals surface area contributed by atoms with Crippen LogP contribution in [0.25, 0.3) is 71.6 Å². The summed E-state index contributed by atoms with van der Waals surface area (Å²) in [4.78, 5) is 7.17. The van der Waals surface area contributed by atoms with E-state index in [1.165, 1.54) is 71.6 Å². The molecule has 0 atom stereocenters. The van der Waals surface area contributed by atoms with Crippen molar-refractivity contribution in [2.45, 2.75) is 0 Å². The molecule has 0 fully saturated rings. The van der Waals surface area contributed by atoms with E-state index in [2.05, 4.69) is 276 Å². The van der Waals surface area contributed by atoms with Crippen LogP contribution in [0.2, 0.25) is 0 Å². The summed E-state index contributed by atoms with van der Waals surface area (Å²) in [6.45, 7) is 0. The lowest BCUT2D eigenvalue weighted by Crippen LogP contribution is -2.10. The van der Waals surface area contributed by atoms with Gasteiger partial charge in [-0.3, -0.25) is 0 Å². The van der Waals surface area contributed by atoms with Crippen LogP contribution >= 0.6 is 34.0 Å². The second-order valence-corrected chi connectivity index (χ2v) is 21.4. The molecule has 0 amide bonds. The SMILES string of the molecule is c1ccc(-c2ccc(N(c3ccc4sc5cc(N(c6ccccc6)c6ccccc6)ccc5c4c3)c3ccc4sc5cc(N(c6ccccc6)c6ccc7sc8ccccc8c7c6)ccc5c4c3)cc2)cc1. The number of nitrogens with zero attached hydrogens (tertiary/aromatic N) is 3. The molecule has 0 bridgehead atoms. The van der Waals surface area contributed by atoms with Crippen molar-refractivity contribution in [1.29, 1.82) is 0 Å². The van der Waals surface area contributed by atoms with Crippen LogP contribution in [0.4, 0.5) is 51.2 Å². The highest BCUT2D eigenvalue weighted by Gasteiger charge is 2.21. The zero-order chi connectivity index (χ0) is 47.5. The van der Waals surface area contributed by atoms with Crippen molar-refractivity contribution < 1.29 is 0 Å². The smallest absolute Gasteiger partial charge is 0.0476 e. The van der Waals surface area contributed by atoms with Crippen molar-refractivity contribution in [3.63, 3.8) is 0 Å². The zero-order valence-corrected chi connectivity index (χ0v) is 41.3. The standard InChI is InChI=1S/C66H43N3S3/c1-5-15-44(16-6-1)45-25-27-49(28-26-45)69(51-32-37-63-59(40-51)56-34-29-53(42-65(56)71-63)67(46-17-7-2-8-18-46)47-19-9-3-10-20-47)52-33-38-64-60(41-52)57-35-30-54(43-66(57)72-64)68(48-21-11-4-12-22-48)50-31-36-62-58(39-50)55-23-13-14-24-61(55)70-62/h1-43H. The molecule has 0 spiro atoms. The Morgan fingerprint density at radius 3 is 0.931 bits per heavy atom. The quantitative estimate of drug-likeness (QED) is 0.135. The van der Waals surface area contributed by atoms with Crippen LogP contribution in [0.15, 0.2) is 261 Å². The first-order valence-corrected chi connectivity index (χ1v) is 26.7. The van der Waals surface area contributed by atoms with Crippen molar-refractivity contribution in [3.8, 4) is 11.1 Å². The van der Waals surface area contributed by atoms with E-state index in [0.717, 1.165) is 51.2 Å². The molecule has 340 valence electrons. The van der Waals surface area contributed by atoms with Crippen molar-refractivity contribution in [1.82, 2.24) is 0 Å². The number of hydrogen-bond acceptors (Lipinski definition) is 6. The average molecular weight is 974 g/mol. The molecule has 0 aliphatic carbocycles. The summed E-state index contributed by atoms with van der Waals surface area (Å²) in [5.41, 5.74) is 12.5. The van der Waals surface area contributed by atoms with E-state index >= 15 is 0 Å². The van der Waals surface area contributed by atoms with Gasteiger partial charge in [0.15, 0.2) is 0 Å². The maximum atomic E-state index is 2.43. The Morgan fingerprint density at radius 1 is 0.181 bits per heavy atom. The Labute approximate surface area is 429 Å². The fourth-order valence-corrected chi connectivity index (χ4v) is 13.7. The first kappa shape index (κ1) is 42.4. The van der Waals surface area contributed by atoms with Gasteiger partial charge in [0, 0.05) is 112 Å². The molecule has 0 saturated heterocycles. The van der Waals surface area contributed by atoms with Crippen molar-refractivity contribution in [3.05, 3.63) is 261 Å². The molecule has 11 aromatic carbocycles. The number of para-hydroxylation sites is 3. The van der Waals surface area contributed by atoms with Gasteiger partial charge in [0.1, 0.15) is 0 Å². The van der Waals surface area contributed by atoms with Gasteiger partial charge in [0.2, 0.25) is 0 Å². The predicted octanol–water partition coefficient (Wildman–Crippen LogP) is 20.9. The molecule has 0 aliphatic rings. The summed E-state index contributed by atoms with van der Waals surface area (Å²) in [5, 5.41) is 7.60. The summed E-state index contributed by atoms with van der Waals surface area (Å²) in [7, 11) is 0. The molecule has 0 N–H and O–H groups in total. The summed E-state index contributed by atoms with van der Waals surface area (Å²) in [6.07, 6.45) is 0. The Bertz CT molecular complexity index is 4240. The second kappa shape index (κ2) is 17.7. The topological polar surface area (TPSA) is 9.72 Å². The minimum Gasteiger partial charge on any atom is -0.310 e. The van der Waals surface area contributed by atoms with Crippen molar-refractivity contribution in [2.24, 2.45) is 0 Å². The summed E-state index contributed by atoms with van der Waals surface area (Å²) in [5.74, 6) is 0. The van der Waals surface area contributed by atoms with Crippen LogP contribution in [0.1, 0.15) is 0 Å². The van der Waals surface area contributed by atoms with Crippen LogP contribution in [0, 0.1) is 0 Å². The Kier molecular flexibility index (Phi) is 10.4. The Hall–Kier alpha value is -8.52. The fourth-order valence-electron chi connectivity index (χ4n) is 10.4. The monoisotopic (exact) mass is 973 g/mol. The zero-order valence-electron chi connectivity index (χ0n) is 38.9. The third kappa shape index (κ3) is 7.47. The van der Waals surface area contributed by atoms with Crippen LogP contribution in [-0.2, 0) is 0 Å². The Balaban J connectivity index is 0.879. The van der Waals surface area contributed by atoms with E-state index in [1.54, 1.807) is 0 Å². The summed E-state index contributed by atoms with van der Waals surface area (Å²) < 4.78 is 7.65. The lowest BCUT2D eigenvalue weighted by atomic mass is 10.0. The number of anilines is 9. The maximum absolute atomic E-state index is 2.43. The highest BCUT2D eigenvalue weighted by molar-refractivity contribution is 7.26. The maximum Gasteiger partial charge on any atom is 0.0476 e. The van der Waals surface area contributed by atoms with E-state index in [4.69, 9.17) is 0 Å². The minimum absolute atomic E-state index is 1.10. The second-order valence-electron chi connectivity index (χ2n) is 18.1. The first-order chi connectivity index (χ1) is 35.7. The van der Waals surface area contributed by atoms with Gasteiger partial charge in [-0.25, -0.2) is 0 Å². The van der Waals surface area contributed by atoms with Gasteiger partial charge in [-0.05, 0) is 145 Å². The molecule has 3 aromatic heterocycles. The van der Waals surface area contributed by atoms with Gasteiger partial charge in [-0.15, -0.1) is 34.0 Å². The number of rotatable bonds is 10. The van der Waals surface area contributed by atoms with Crippen LogP contribution < -0.4 is 14.7 Å². The molecular weight excluding hydrogens is 931 g/mol. The summed E-state index contributed by atoms with van der Waals surface area (Å²) in [6, 6.07) is 95.3. The van der Waals surface area contributed by atoms with Crippen LogP contribution in [0.5, 0.6) is 0 Å². The van der Waals surface area contributed by atoms with Crippen LogP contribution in [-0.4, -0.2) is 0 Å². The van der Waals surface area contributed by atoms with Gasteiger partial charge < -0.3 is 14.7 Å². The molecule has 3 heterocycles. The highest BCUT2D eigenvalue weighted by Crippen LogP contribution is 2.47. The van der Waals surface area contributed by atoms with E-state index in [-0.39, 0.29) is 0 Å². The number of hydrogen-bond donors (Lipinski definition) is 0. The van der Waals surface area contributed by atoms with Gasteiger partial charge in [-0.2, -0.15) is 0 Å². The molecular formula is C66H43N3S3. The molecule has 0 radical (unpaired) electrons. The van der Waals surface area contributed by atoms with Gasteiger partial charge in [0.25, 0.3) is 0 Å². The third-order valence-corrected chi connectivity index (χ3v) is 17.2. The highest BCUT2D eigenvalue weighted by atomic mass is 32.1. The van der Waals surface area contributed by atoms with E-state index in [0.29, 0.717) is 0 Å². The van der Waals surface area contributed by atoms with E-state index < -0.39 is 0 Å². The Morgan fingerprint density at radius 2 is 0.472 bits per heavy atom. The molecule has 0 aliphatic heterocycles. The molecule has 6 heteroatoms. The molecule has 3 nitrogen and oxygen atoms in total. The summed E-state index contributed by atoms with van der Waals surface area (Å²) >= 11 is 5.57. The molecule has 0 saturated carbocycles. The van der Waals surface area contributed by atoms with Crippen molar-refractivity contribution in [2.75, 3.05) is 14.7 Å². The van der Waals surface area contributed by atoms with E-state index in [1.807, 2.05) is 34.0 Å². The number of fused-ring (bicyclic) bond motifs is 9. The van der Waals surface area contributed by atoms with E-state index in [9.17, 15) is 0 Å². The number of benzene rings is 11.